The molecular weight excluding hydrogens is 428 g/mol. The Hall–Kier alpha value is -2.64. The molecule has 5 atom stereocenters. The van der Waals surface area contributed by atoms with Gasteiger partial charge in [0.25, 0.3) is 0 Å². The van der Waals surface area contributed by atoms with Crippen molar-refractivity contribution in [3.8, 4) is 0 Å². The van der Waals surface area contributed by atoms with Crippen molar-refractivity contribution in [1.29, 1.82) is 0 Å². The number of aromatic nitrogens is 2. The van der Waals surface area contributed by atoms with Crippen LogP contribution >= 0.6 is 12.6 Å². The first-order chi connectivity index (χ1) is 14.7. The number of hydrogen-bond donors (Lipinski definition) is 8. The number of thiol groups is 1. The van der Waals surface area contributed by atoms with Gasteiger partial charge in [0, 0.05) is 24.1 Å². The van der Waals surface area contributed by atoms with Gasteiger partial charge in [0.2, 0.25) is 17.7 Å². The van der Waals surface area contributed by atoms with Crippen LogP contribution in [0.2, 0.25) is 0 Å². The van der Waals surface area contributed by atoms with E-state index in [9.17, 15) is 29.4 Å². The highest BCUT2D eigenvalue weighted by Crippen LogP contribution is 2.06. The molecule has 1 aliphatic rings. The Balaban J connectivity index is 2.00. The number of amides is 3. The normalized spacial score (nSPS) is 19.6. The summed E-state index contributed by atoms with van der Waals surface area (Å²) in [5.41, 5.74) is 0.490. The lowest BCUT2D eigenvalue weighted by Gasteiger charge is -2.26. The number of hydrogen-bond acceptors (Lipinski definition) is 8. The molecule has 5 unspecified atom stereocenters. The summed E-state index contributed by atoms with van der Waals surface area (Å²) in [6.45, 7) is 2.00. The summed E-state index contributed by atoms with van der Waals surface area (Å²) in [4.78, 5) is 55.5. The molecule has 31 heavy (non-hydrogen) atoms. The summed E-state index contributed by atoms with van der Waals surface area (Å²) in [5.74, 6) is -3.27. The van der Waals surface area contributed by atoms with Crippen molar-refractivity contribution >= 4 is 36.3 Å². The maximum Gasteiger partial charge on any atom is 0.326 e. The first kappa shape index (κ1) is 24.6. The van der Waals surface area contributed by atoms with Gasteiger partial charge in [-0.1, -0.05) is 0 Å². The van der Waals surface area contributed by atoms with Crippen molar-refractivity contribution in [2.75, 3.05) is 12.3 Å². The Bertz CT molecular complexity index is 768. The molecule has 1 fully saturated rings. The molecule has 12 nitrogen and oxygen atoms in total. The molecule has 1 aromatic rings. The van der Waals surface area contributed by atoms with E-state index >= 15 is 0 Å². The first-order valence-corrected chi connectivity index (χ1v) is 10.5. The van der Waals surface area contributed by atoms with E-state index in [2.05, 4.69) is 43.9 Å². The van der Waals surface area contributed by atoms with Gasteiger partial charge in [-0.05, 0) is 26.3 Å². The Labute approximate surface area is 184 Å². The maximum atomic E-state index is 12.6. The summed E-state index contributed by atoms with van der Waals surface area (Å²) in [6, 6.07) is -4.17. The molecule has 3 amide bonds. The minimum absolute atomic E-state index is 0.0317. The quantitative estimate of drug-likeness (QED) is 0.169. The predicted octanol–water partition coefficient (Wildman–Crippen LogP) is -2.45. The molecule has 1 aromatic heterocycles. The summed E-state index contributed by atoms with van der Waals surface area (Å²) < 4.78 is 0. The molecule has 1 aliphatic heterocycles. The number of imidazole rings is 1. The van der Waals surface area contributed by atoms with Crippen molar-refractivity contribution in [3.05, 3.63) is 18.2 Å². The van der Waals surface area contributed by atoms with Gasteiger partial charge in [0.05, 0.1) is 18.5 Å². The molecule has 2 heterocycles. The average molecular weight is 457 g/mol. The molecule has 0 spiro atoms. The first-order valence-electron chi connectivity index (χ1n) is 9.86. The van der Waals surface area contributed by atoms with Crippen molar-refractivity contribution < 1.29 is 29.4 Å². The standard InChI is InChI=1S/C18H28N6O6S/c1-9(25)14(17(28)22-12(18(29)30)5-10-6-19-8-21-10)24-16(27)13(7-31)23-15(26)11-3-2-4-20-11/h6,8-9,11-14,20,25,31H,2-5,7H2,1H3,(H,19,21)(H,22,28)(H,23,26)(H,24,27)(H,29,30). The van der Waals surface area contributed by atoms with E-state index in [1.54, 1.807) is 0 Å². The number of aromatic amines is 1. The van der Waals surface area contributed by atoms with Crippen LogP contribution in [-0.4, -0.2) is 86.4 Å². The number of nitrogens with one attached hydrogen (secondary N) is 5. The zero-order valence-corrected chi connectivity index (χ0v) is 17.9. The lowest BCUT2D eigenvalue weighted by Crippen LogP contribution is -2.60. The third-order valence-electron chi connectivity index (χ3n) is 4.85. The number of carboxylic acid groups (broad SMARTS) is 1. The number of aliphatic hydroxyl groups is 1. The van der Waals surface area contributed by atoms with E-state index in [-0.39, 0.29) is 18.1 Å². The van der Waals surface area contributed by atoms with Gasteiger partial charge in [0.15, 0.2) is 0 Å². The minimum atomic E-state index is -1.43. The second-order valence-electron chi connectivity index (χ2n) is 7.30. The van der Waals surface area contributed by atoms with Crippen LogP contribution in [0.15, 0.2) is 12.5 Å². The van der Waals surface area contributed by atoms with E-state index in [0.717, 1.165) is 6.42 Å². The Morgan fingerprint density at radius 2 is 1.97 bits per heavy atom. The molecule has 0 saturated carbocycles. The highest BCUT2D eigenvalue weighted by atomic mass is 32.1. The van der Waals surface area contributed by atoms with Crippen LogP contribution in [0.4, 0.5) is 0 Å². The maximum absolute atomic E-state index is 12.6. The Morgan fingerprint density at radius 3 is 2.48 bits per heavy atom. The molecule has 0 bridgehead atoms. The third-order valence-corrected chi connectivity index (χ3v) is 5.21. The monoisotopic (exact) mass is 456 g/mol. The fraction of sp³-hybridized carbons (Fsp3) is 0.611. The van der Waals surface area contributed by atoms with E-state index < -0.39 is 48.1 Å². The summed E-state index contributed by atoms with van der Waals surface area (Å²) >= 11 is 4.08. The van der Waals surface area contributed by atoms with E-state index in [0.29, 0.717) is 18.7 Å². The molecule has 0 radical (unpaired) electrons. The van der Waals surface area contributed by atoms with Gasteiger partial charge in [-0.25, -0.2) is 9.78 Å². The number of carbonyl (C=O) groups excluding carboxylic acids is 3. The van der Waals surface area contributed by atoms with Gasteiger partial charge >= 0.3 is 5.97 Å². The molecule has 7 N–H and O–H groups in total. The van der Waals surface area contributed by atoms with E-state index in [1.807, 2.05) is 0 Å². The van der Waals surface area contributed by atoms with Crippen molar-refractivity contribution in [1.82, 2.24) is 31.2 Å². The fourth-order valence-corrected chi connectivity index (χ4v) is 3.37. The molecule has 1 saturated heterocycles. The number of aliphatic hydroxyl groups excluding tert-OH is 1. The molecule has 0 aromatic carbocycles. The fourth-order valence-electron chi connectivity index (χ4n) is 3.11. The number of carboxylic acids is 1. The van der Waals surface area contributed by atoms with Gasteiger partial charge in [0.1, 0.15) is 18.1 Å². The summed E-state index contributed by atoms with van der Waals surface area (Å²) in [6.07, 6.45) is 2.92. The summed E-state index contributed by atoms with van der Waals surface area (Å²) in [5, 5.41) is 29.6. The average Bonchev–Trinajstić information content (AvgIpc) is 3.42. The van der Waals surface area contributed by atoms with Crippen molar-refractivity contribution in [3.63, 3.8) is 0 Å². The highest BCUT2D eigenvalue weighted by molar-refractivity contribution is 7.80. The lowest BCUT2D eigenvalue weighted by molar-refractivity contribution is -0.143. The number of nitrogens with zero attached hydrogens (tertiary/aromatic N) is 1. The van der Waals surface area contributed by atoms with Gasteiger partial charge in [-0.3, -0.25) is 14.4 Å². The lowest BCUT2D eigenvalue weighted by atomic mass is 10.1. The predicted molar refractivity (Wildman–Crippen MR) is 112 cm³/mol. The topological polar surface area (TPSA) is 186 Å². The SMILES string of the molecule is CC(O)C(NC(=O)C(CS)NC(=O)C1CCCN1)C(=O)NC(Cc1cnc[nH]1)C(=O)O. The number of aliphatic carboxylic acids is 1. The second-order valence-corrected chi connectivity index (χ2v) is 7.67. The molecule has 2 rings (SSSR count). The minimum Gasteiger partial charge on any atom is -0.480 e. The molecule has 13 heteroatoms. The Kier molecular flexibility index (Phi) is 9.27. The van der Waals surface area contributed by atoms with Crippen LogP contribution in [-0.2, 0) is 25.6 Å². The molecule has 172 valence electrons. The van der Waals surface area contributed by atoms with Crippen LogP contribution in [0.1, 0.15) is 25.5 Å². The van der Waals surface area contributed by atoms with E-state index in [1.165, 1.54) is 19.4 Å². The zero-order chi connectivity index (χ0) is 23.0. The van der Waals surface area contributed by atoms with Crippen molar-refractivity contribution in [2.45, 2.75) is 56.5 Å². The van der Waals surface area contributed by atoms with Crippen molar-refractivity contribution in [2.24, 2.45) is 0 Å². The van der Waals surface area contributed by atoms with E-state index in [4.69, 9.17) is 0 Å². The van der Waals surface area contributed by atoms with Crippen LogP contribution in [0.5, 0.6) is 0 Å². The molecular formula is C18H28N6O6S. The number of carbonyl (C=O) groups is 4. The van der Waals surface area contributed by atoms with Gasteiger partial charge < -0.3 is 36.5 Å². The zero-order valence-electron chi connectivity index (χ0n) is 17.0. The highest BCUT2D eigenvalue weighted by Gasteiger charge is 2.33. The summed E-state index contributed by atoms with van der Waals surface area (Å²) in [7, 11) is 0. The third kappa shape index (κ3) is 7.22. The van der Waals surface area contributed by atoms with Crippen LogP contribution < -0.4 is 21.3 Å². The van der Waals surface area contributed by atoms with Gasteiger partial charge in [-0.15, -0.1) is 0 Å². The number of H-pyrrole nitrogens is 1. The van der Waals surface area contributed by atoms with Crippen LogP contribution in [0.3, 0.4) is 0 Å². The van der Waals surface area contributed by atoms with Crippen LogP contribution in [0, 0.1) is 0 Å². The van der Waals surface area contributed by atoms with Crippen LogP contribution in [0.25, 0.3) is 0 Å². The second kappa shape index (κ2) is 11.7. The smallest absolute Gasteiger partial charge is 0.326 e. The molecule has 0 aliphatic carbocycles. The van der Waals surface area contributed by atoms with Gasteiger partial charge in [-0.2, -0.15) is 12.6 Å². The Morgan fingerprint density at radius 1 is 1.23 bits per heavy atom. The number of rotatable bonds is 11. The largest absolute Gasteiger partial charge is 0.480 e.